The monoisotopic (exact) mass is 430 g/mol. The molecule has 4 fully saturated rings. The number of hydrogen-bond acceptors (Lipinski definition) is 5. The molecule has 5 nitrogen and oxygen atoms in total. The van der Waals surface area contributed by atoms with Crippen LogP contribution in [0.3, 0.4) is 0 Å². The Labute approximate surface area is 203 Å². The SMILES string of the molecule is CC(CCC(=O)[O-])C1CCC2C3C(O)CC4CC(O)CC[C@]4(C)C3CC(O)[C@]12C.[Na+]. The first-order chi connectivity index (χ1) is 13.6. The molecular formula is C24H39NaO5. The molecule has 4 saturated carbocycles. The fourth-order valence-electron chi connectivity index (χ4n) is 8.68. The molecule has 0 heterocycles. The molecule has 0 aliphatic heterocycles. The fraction of sp³-hybridized carbons (Fsp3) is 0.958. The van der Waals surface area contributed by atoms with Crippen molar-refractivity contribution in [2.75, 3.05) is 0 Å². The van der Waals surface area contributed by atoms with Gasteiger partial charge in [0.1, 0.15) is 0 Å². The molecular weight excluding hydrogens is 391 g/mol. The van der Waals surface area contributed by atoms with Gasteiger partial charge in [-0.15, -0.1) is 0 Å². The van der Waals surface area contributed by atoms with Crippen molar-refractivity contribution in [1.29, 1.82) is 0 Å². The first kappa shape index (κ1) is 25.0. The molecule has 166 valence electrons. The average Bonchev–Trinajstić information content (AvgIpc) is 3.01. The Morgan fingerprint density at radius 2 is 1.77 bits per heavy atom. The Hall–Kier alpha value is 0.350. The summed E-state index contributed by atoms with van der Waals surface area (Å²) < 4.78 is 0. The van der Waals surface area contributed by atoms with Crippen molar-refractivity contribution in [2.45, 2.75) is 96.9 Å². The smallest absolute Gasteiger partial charge is 0.550 e. The molecule has 0 saturated heterocycles. The Bertz CT molecular complexity index is 643. The predicted octanol–water partition coefficient (Wildman–Crippen LogP) is -0.882. The summed E-state index contributed by atoms with van der Waals surface area (Å²) in [5.74, 6) is 0.635. The molecule has 30 heavy (non-hydrogen) atoms. The number of aliphatic hydroxyl groups excluding tert-OH is 3. The number of hydrogen-bond donors (Lipinski definition) is 3. The maximum absolute atomic E-state index is 11.5. The molecule has 11 atom stereocenters. The molecule has 4 rings (SSSR count). The van der Waals surface area contributed by atoms with Crippen molar-refractivity contribution < 1.29 is 54.8 Å². The molecule has 4 aliphatic rings. The zero-order chi connectivity index (χ0) is 21.1. The molecule has 0 spiro atoms. The topological polar surface area (TPSA) is 101 Å². The van der Waals surface area contributed by atoms with Crippen molar-refractivity contribution in [1.82, 2.24) is 0 Å². The van der Waals surface area contributed by atoms with Crippen molar-refractivity contribution in [2.24, 2.45) is 46.3 Å². The molecule has 0 amide bonds. The number of carbonyl (C=O) groups is 1. The van der Waals surface area contributed by atoms with Gasteiger partial charge in [0.05, 0.1) is 18.3 Å². The maximum Gasteiger partial charge on any atom is 1.00 e. The molecule has 0 aromatic carbocycles. The van der Waals surface area contributed by atoms with Crippen molar-refractivity contribution in [3.8, 4) is 0 Å². The van der Waals surface area contributed by atoms with Gasteiger partial charge in [-0.05, 0) is 104 Å². The van der Waals surface area contributed by atoms with Crippen LogP contribution in [0.4, 0.5) is 0 Å². The summed E-state index contributed by atoms with van der Waals surface area (Å²) in [6.45, 7) is 6.67. The number of aliphatic carboxylic acids is 1. The predicted molar refractivity (Wildman–Crippen MR) is 107 cm³/mol. The van der Waals surface area contributed by atoms with E-state index in [1.807, 2.05) is 0 Å². The minimum Gasteiger partial charge on any atom is -0.550 e. The number of carboxylic acids is 1. The zero-order valence-electron chi connectivity index (χ0n) is 19.2. The minimum atomic E-state index is -0.998. The van der Waals surface area contributed by atoms with Crippen LogP contribution < -0.4 is 34.7 Å². The second-order valence-corrected chi connectivity index (χ2v) is 11.4. The molecule has 3 N–H and O–H groups in total. The van der Waals surface area contributed by atoms with Gasteiger partial charge in [-0.25, -0.2) is 0 Å². The standard InChI is InChI=1S/C24H40O5.Na/c1-13(4-7-21(28)29)16-5-6-17-22-18(12-20(27)24(16,17)3)23(2)9-8-15(25)10-14(23)11-19(22)26;/h13-20,22,25-27H,4-12H2,1-3H3,(H,28,29);/q;+1/p-1/t13?,14?,15?,16?,17?,18?,19?,20?,22?,23-,24+;/m0./s1. The van der Waals surface area contributed by atoms with Crippen LogP contribution in [-0.2, 0) is 4.79 Å². The Balaban J connectivity index is 0.00000256. The van der Waals surface area contributed by atoms with E-state index in [9.17, 15) is 25.2 Å². The van der Waals surface area contributed by atoms with Crippen LogP contribution in [0.1, 0.15) is 78.6 Å². The van der Waals surface area contributed by atoms with Crippen LogP contribution in [0.15, 0.2) is 0 Å². The summed E-state index contributed by atoms with van der Waals surface area (Å²) in [5.41, 5.74) is -0.172. The van der Waals surface area contributed by atoms with Crippen LogP contribution in [0.2, 0.25) is 0 Å². The summed E-state index contributed by atoms with van der Waals surface area (Å²) in [5, 5.41) is 43.9. The fourth-order valence-corrected chi connectivity index (χ4v) is 8.68. The van der Waals surface area contributed by atoms with Gasteiger partial charge in [0, 0.05) is 5.97 Å². The van der Waals surface area contributed by atoms with E-state index in [0.717, 1.165) is 44.9 Å². The first-order valence-electron chi connectivity index (χ1n) is 11.8. The van der Waals surface area contributed by atoms with Gasteiger partial charge < -0.3 is 25.2 Å². The molecule has 4 aliphatic carbocycles. The third-order valence-corrected chi connectivity index (χ3v) is 10.3. The average molecular weight is 431 g/mol. The normalized spacial score (nSPS) is 51.1. The number of carbonyl (C=O) groups excluding carboxylic acids is 1. The molecule has 0 aromatic heterocycles. The summed E-state index contributed by atoms with van der Waals surface area (Å²) in [6, 6.07) is 0. The molecule has 6 heteroatoms. The maximum atomic E-state index is 11.5. The molecule has 0 radical (unpaired) electrons. The Morgan fingerprint density at radius 1 is 1.07 bits per heavy atom. The van der Waals surface area contributed by atoms with Crippen LogP contribution in [0.5, 0.6) is 0 Å². The van der Waals surface area contributed by atoms with Crippen molar-refractivity contribution in [3.05, 3.63) is 0 Å². The Kier molecular flexibility index (Phi) is 7.45. The van der Waals surface area contributed by atoms with Crippen LogP contribution in [0, 0.1) is 46.3 Å². The number of rotatable bonds is 4. The summed E-state index contributed by atoms with van der Waals surface area (Å²) in [7, 11) is 0. The zero-order valence-corrected chi connectivity index (χ0v) is 21.2. The second-order valence-electron chi connectivity index (χ2n) is 11.4. The van der Waals surface area contributed by atoms with E-state index in [-0.39, 0.29) is 82.7 Å². The van der Waals surface area contributed by atoms with E-state index in [4.69, 9.17) is 0 Å². The van der Waals surface area contributed by atoms with Gasteiger partial charge in [-0.1, -0.05) is 20.8 Å². The van der Waals surface area contributed by atoms with Gasteiger partial charge in [0.2, 0.25) is 0 Å². The minimum absolute atomic E-state index is 0. The largest absolute Gasteiger partial charge is 1.00 e. The van der Waals surface area contributed by atoms with E-state index in [2.05, 4.69) is 20.8 Å². The van der Waals surface area contributed by atoms with Crippen LogP contribution in [-0.4, -0.2) is 39.6 Å². The number of carboxylic acid groups (broad SMARTS) is 1. The van der Waals surface area contributed by atoms with Crippen LogP contribution >= 0.6 is 0 Å². The van der Waals surface area contributed by atoms with Gasteiger partial charge >= 0.3 is 29.6 Å². The van der Waals surface area contributed by atoms with E-state index >= 15 is 0 Å². The summed E-state index contributed by atoms with van der Waals surface area (Å²) >= 11 is 0. The first-order valence-corrected chi connectivity index (χ1v) is 11.8. The van der Waals surface area contributed by atoms with Gasteiger partial charge in [0.25, 0.3) is 0 Å². The van der Waals surface area contributed by atoms with E-state index in [0.29, 0.717) is 18.3 Å². The van der Waals surface area contributed by atoms with E-state index in [1.165, 1.54) is 0 Å². The summed E-state index contributed by atoms with van der Waals surface area (Å²) in [6.07, 6.45) is 5.72. The van der Waals surface area contributed by atoms with E-state index < -0.39 is 12.1 Å². The quantitative estimate of drug-likeness (QED) is 0.503. The van der Waals surface area contributed by atoms with Crippen molar-refractivity contribution in [3.63, 3.8) is 0 Å². The van der Waals surface area contributed by atoms with Gasteiger partial charge in [0.15, 0.2) is 0 Å². The van der Waals surface area contributed by atoms with Gasteiger partial charge in [-0.2, -0.15) is 0 Å². The van der Waals surface area contributed by atoms with Crippen LogP contribution in [0.25, 0.3) is 0 Å². The molecule has 0 bridgehead atoms. The second kappa shape index (κ2) is 8.95. The third kappa shape index (κ3) is 3.84. The van der Waals surface area contributed by atoms with Crippen molar-refractivity contribution >= 4 is 5.97 Å². The Morgan fingerprint density at radius 3 is 2.43 bits per heavy atom. The summed E-state index contributed by atoms with van der Waals surface area (Å²) in [4.78, 5) is 11.0. The molecule has 9 unspecified atom stereocenters. The molecule has 0 aromatic rings. The third-order valence-electron chi connectivity index (χ3n) is 10.3. The van der Waals surface area contributed by atoms with E-state index in [1.54, 1.807) is 0 Å². The number of aliphatic hydroxyl groups is 3. The number of fused-ring (bicyclic) bond motifs is 5. The van der Waals surface area contributed by atoms with Gasteiger partial charge in [-0.3, -0.25) is 0 Å².